The van der Waals surface area contributed by atoms with Crippen molar-refractivity contribution in [2.45, 2.75) is 43.4 Å². The second-order valence-corrected chi connectivity index (χ2v) is 8.69. The summed E-state index contributed by atoms with van der Waals surface area (Å²) in [6.45, 7) is 3.58. The summed E-state index contributed by atoms with van der Waals surface area (Å²) in [7, 11) is 3.08. The van der Waals surface area contributed by atoms with Crippen molar-refractivity contribution in [1.82, 2.24) is 15.3 Å². The molecule has 1 aromatic heterocycles. The zero-order valence-electron chi connectivity index (χ0n) is 17.4. The van der Waals surface area contributed by atoms with Gasteiger partial charge in [0.25, 0.3) is 0 Å². The van der Waals surface area contributed by atoms with Gasteiger partial charge in [0.05, 0.1) is 37.7 Å². The number of piperidine rings is 1. The number of aliphatic hydroxyl groups is 1. The zero-order chi connectivity index (χ0) is 21.1. The standard InChI is InChI=1S/C19H30N4O5S/c1-18(22-15(25)11-29-4)12-19(28-10-13(18)24)5-7-23(8-6-19)14-9-16(26-2)21-17(20-14)27-3/h9,13,24H,5-8,10-12H2,1-4H3,(H,22,25)/t13-,18-/m0/s1. The zero-order valence-corrected chi connectivity index (χ0v) is 18.3. The Morgan fingerprint density at radius 1 is 1.38 bits per heavy atom. The Balaban J connectivity index is 1.69. The molecular weight excluding hydrogens is 396 g/mol. The minimum absolute atomic E-state index is 0.0614. The van der Waals surface area contributed by atoms with E-state index in [1.54, 1.807) is 13.2 Å². The number of ether oxygens (including phenoxy) is 3. The summed E-state index contributed by atoms with van der Waals surface area (Å²) in [5.74, 6) is 1.51. The molecule has 0 unspecified atom stereocenters. The average Bonchev–Trinajstić information content (AvgIpc) is 2.71. The fraction of sp³-hybridized carbons (Fsp3) is 0.737. The number of hydrogen-bond donors (Lipinski definition) is 2. The lowest BCUT2D eigenvalue weighted by Crippen LogP contribution is -2.66. The molecule has 2 saturated heterocycles. The van der Waals surface area contributed by atoms with Crippen LogP contribution in [0.1, 0.15) is 26.2 Å². The van der Waals surface area contributed by atoms with Crippen molar-refractivity contribution in [2.24, 2.45) is 0 Å². The molecule has 3 heterocycles. The Hall–Kier alpha value is -1.78. The summed E-state index contributed by atoms with van der Waals surface area (Å²) >= 11 is 1.47. The van der Waals surface area contributed by atoms with Gasteiger partial charge in [0.15, 0.2) is 0 Å². The molecule has 10 heteroatoms. The first-order valence-corrected chi connectivity index (χ1v) is 11.1. The summed E-state index contributed by atoms with van der Waals surface area (Å²) in [4.78, 5) is 22.9. The lowest BCUT2D eigenvalue weighted by atomic mass is 9.74. The molecule has 2 atom stereocenters. The van der Waals surface area contributed by atoms with Crippen molar-refractivity contribution < 1.29 is 24.1 Å². The number of methoxy groups -OCH3 is 2. The van der Waals surface area contributed by atoms with Gasteiger partial charge >= 0.3 is 6.01 Å². The van der Waals surface area contributed by atoms with Crippen LogP contribution >= 0.6 is 11.8 Å². The molecule has 9 nitrogen and oxygen atoms in total. The molecule has 1 spiro atoms. The Bertz CT molecular complexity index is 706. The molecule has 0 aromatic carbocycles. The predicted octanol–water partition coefficient (Wildman–Crippen LogP) is 0.852. The second-order valence-electron chi connectivity index (χ2n) is 7.83. The molecule has 2 aliphatic heterocycles. The molecule has 2 aliphatic rings. The Kier molecular flexibility index (Phi) is 6.75. The number of carbonyl (C=O) groups is 1. The van der Waals surface area contributed by atoms with E-state index in [-0.39, 0.29) is 24.1 Å². The van der Waals surface area contributed by atoms with Crippen LogP contribution in [0.25, 0.3) is 0 Å². The molecule has 0 saturated carbocycles. The lowest BCUT2D eigenvalue weighted by molar-refractivity contribution is -0.172. The van der Waals surface area contributed by atoms with Crippen LogP contribution in [0.5, 0.6) is 11.9 Å². The van der Waals surface area contributed by atoms with Crippen molar-refractivity contribution in [3.63, 3.8) is 0 Å². The monoisotopic (exact) mass is 426 g/mol. The van der Waals surface area contributed by atoms with Crippen molar-refractivity contribution in [3.05, 3.63) is 6.07 Å². The van der Waals surface area contributed by atoms with Crippen molar-refractivity contribution in [1.29, 1.82) is 0 Å². The molecule has 0 aliphatic carbocycles. The van der Waals surface area contributed by atoms with E-state index >= 15 is 0 Å². The molecule has 2 N–H and O–H groups in total. The van der Waals surface area contributed by atoms with Gasteiger partial charge in [0, 0.05) is 25.6 Å². The van der Waals surface area contributed by atoms with Crippen LogP contribution in [0.15, 0.2) is 6.07 Å². The Morgan fingerprint density at radius 2 is 2.10 bits per heavy atom. The molecule has 0 bridgehead atoms. The van der Waals surface area contributed by atoms with E-state index in [0.29, 0.717) is 18.1 Å². The van der Waals surface area contributed by atoms with Crippen LogP contribution in [0.3, 0.4) is 0 Å². The molecule has 1 amide bonds. The molecule has 2 fully saturated rings. The molecule has 0 radical (unpaired) electrons. The highest BCUT2D eigenvalue weighted by Gasteiger charge is 2.50. The fourth-order valence-electron chi connectivity index (χ4n) is 4.11. The fourth-order valence-corrected chi connectivity index (χ4v) is 4.44. The van der Waals surface area contributed by atoms with Crippen molar-refractivity contribution in [3.8, 4) is 11.9 Å². The van der Waals surface area contributed by atoms with E-state index < -0.39 is 11.6 Å². The van der Waals surface area contributed by atoms with Gasteiger partial charge in [-0.2, -0.15) is 21.7 Å². The maximum absolute atomic E-state index is 12.2. The number of amides is 1. The van der Waals surface area contributed by atoms with E-state index in [2.05, 4.69) is 20.2 Å². The average molecular weight is 427 g/mol. The highest BCUT2D eigenvalue weighted by molar-refractivity contribution is 7.99. The van der Waals surface area contributed by atoms with E-state index in [9.17, 15) is 9.90 Å². The smallest absolute Gasteiger partial charge is 0.321 e. The number of hydrogen-bond acceptors (Lipinski definition) is 9. The third-order valence-corrected chi connectivity index (χ3v) is 6.28. The van der Waals surface area contributed by atoms with Gasteiger partial charge in [-0.3, -0.25) is 4.79 Å². The van der Waals surface area contributed by atoms with Gasteiger partial charge in [0.1, 0.15) is 11.9 Å². The third-order valence-electron chi connectivity index (χ3n) is 5.73. The summed E-state index contributed by atoms with van der Waals surface area (Å²) in [6, 6.07) is 2.06. The molecule has 3 rings (SSSR count). The first-order chi connectivity index (χ1) is 13.8. The maximum atomic E-state index is 12.2. The van der Waals surface area contributed by atoms with Crippen LogP contribution in [0.2, 0.25) is 0 Å². The number of aliphatic hydroxyl groups excluding tert-OH is 1. The predicted molar refractivity (Wildman–Crippen MR) is 111 cm³/mol. The first kappa shape index (κ1) is 21.9. The maximum Gasteiger partial charge on any atom is 0.321 e. The van der Waals surface area contributed by atoms with Gasteiger partial charge in [-0.05, 0) is 26.0 Å². The number of thioether (sulfide) groups is 1. The highest BCUT2D eigenvalue weighted by Crippen LogP contribution is 2.40. The largest absolute Gasteiger partial charge is 0.481 e. The normalized spacial score (nSPS) is 26.2. The topological polar surface area (TPSA) is 106 Å². The van der Waals surface area contributed by atoms with Crippen LogP contribution in [0.4, 0.5) is 5.82 Å². The van der Waals surface area contributed by atoms with E-state index in [1.165, 1.54) is 18.9 Å². The molecule has 1 aromatic rings. The minimum Gasteiger partial charge on any atom is -0.481 e. The van der Waals surface area contributed by atoms with Gasteiger partial charge in [-0.1, -0.05) is 0 Å². The third kappa shape index (κ3) is 4.87. The summed E-state index contributed by atoms with van der Waals surface area (Å²) in [5.41, 5.74) is -1.08. The Morgan fingerprint density at radius 3 is 2.72 bits per heavy atom. The second kappa shape index (κ2) is 8.93. The SMILES string of the molecule is COc1cc(N2CCC3(CC2)C[C@](C)(NC(=O)CSC)[C@@H](O)CO3)nc(OC)n1. The quantitative estimate of drug-likeness (QED) is 0.685. The van der Waals surface area contributed by atoms with Gasteiger partial charge in [0.2, 0.25) is 11.8 Å². The minimum atomic E-state index is -0.729. The number of nitrogens with zero attached hydrogens (tertiary/aromatic N) is 3. The number of rotatable bonds is 6. The van der Waals surface area contributed by atoms with E-state index in [1.807, 2.05) is 13.2 Å². The molecule has 162 valence electrons. The highest BCUT2D eigenvalue weighted by atomic mass is 32.2. The van der Waals surface area contributed by atoms with Crippen molar-refractivity contribution in [2.75, 3.05) is 50.8 Å². The molecule has 29 heavy (non-hydrogen) atoms. The van der Waals surface area contributed by atoms with Crippen LogP contribution in [-0.4, -0.2) is 84.2 Å². The van der Waals surface area contributed by atoms with Gasteiger partial charge < -0.3 is 29.5 Å². The summed E-state index contributed by atoms with van der Waals surface area (Å²) in [6.07, 6.45) is 3.26. The summed E-state index contributed by atoms with van der Waals surface area (Å²) in [5, 5.41) is 13.5. The summed E-state index contributed by atoms with van der Waals surface area (Å²) < 4.78 is 16.5. The van der Waals surface area contributed by atoms with Crippen molar-refractivity contribution >= 4 is 23.5 Å². The lowest BCUT2D eigenvalue weighted by Gasteiger charge is -2.52. The number of aromatic nitrogens is 2. The Labute approximate surface area is 175 Å². The van der Waals surface area contributed by atoms with E-state index in [0.717, 1.165) is 31.7 Å². The van der Waals surface area contributed by atoms with Crippen LogP contribution < -0.4 is 19.7 Å². The molecular formula is C19H30N4O5S. The number of carbonyl (C=O) groups excluding carboxylic acids is 1. The van der Waals surface area contributed by atoms with Gasteiger partial charge in [-0.25, -0.2) is 0 Å². The van der Waals surface area contributed by atoms with Crippen LogP contribution in [-0.2, 0) is 9.53 Å². The van der Waals surface area contributed by atoms with Gasteiger partial charge in [-0.15, -0.1) is 0 Å². The van der Waals surface area contributed by atoms with Crippen LogP contribution in [0, 0.1) is 0 Å². The number of nitrogens with one attached hydrogen (secondary N) is 1. The first-order valence-electron chi connectivity index (χ1n) is 9.67. The van der Waals surface area contributed by atoms with E-state index in [4.69, 9.17) is 14.2 Å². The number of anilines is 1.